The number of nitrogens with zero attached hydrogens (tertiary/aromatic N) is 2. The van der Waals surface area contributed by atoms with Gasteiger partial charge in [0.05, 0.1) is 0 Å². The van der Waals surface area contributed by atoms with Crippen LogP contribution in [0.4, 0.5) is 8.78 Å². The summed E-state index contributed by atoms with van der Waals surface area (Å²) in [6.45, 7) is 5.57. The van der Waals surface area contributed by atoms with Crippen LogP contribution in [0.25, 0.3) is 0 Å². The average Bonchev–Trinajstić information content (AvgIpc) is 3.32. The number of halogens is 2. The van der Waals surface area contributed by atoms with Gasteiger partial charge < -0.3 is 14.6 Å². The minimum Gasteiger partial charge on any atom is -0.492 e. The van der Waals surface area contributed by atoms with Crippen LogP contribution in [0.2, 0.25) is 0 Å². The topological polar surface area (TPSA) is 45.2 Å². The van der Waals surface area contributed by atoms with Crippen LogP contribution in [0.1, 0.15) is 18.4 Å². The van der Waals surface area contributed by atoms with Gasteiger partial charge >= 0.3 is 0 Å². The van der Waals surface area contributed by atoms with E-state index in [-0.39, 0.29) is 5.75 Å². The molecule has 2 atom stereocenters. The molecular weight excluding hydrogens is 390 g/mol. The second-order valence-corrected chi connectivity index (χ2v) is 8.06. The lowest BCUT2D eigenvalue weighted by Crippen LogP contribution is -2.30. The molecule has 0 aliphatic carbocycles. The highest BCUT2D eigenvalue weighted by molar-refractivity contribution is 5.27. The molecule has 5 nitrogen and oxygen atoms in total. The van der Waals surface area contributed by atoms with Gasteiger partial charge in [0.1, 0.15) is 41.9 Å². The van der Waals surface area contributed by atoms with Gasteiger partial charge in [0.15, 0.2) is 0 Å². The third-order valence-corrected chi connectivity index (χ3v) is 5.64. The lowest BCUT2D eigenvalue weighted by atomic mass is 10.2. The molecule has 2 aromatic rings. The second kappa shape index (κ2) is 9.73. The molecule has 0 aromatic heterocycles. The standard InChI is InChI=1S/C23H28F2N2O3/c24-18-11-19(25)13-21(12-18)30-23-16-27(15-22(23)28)14-17-3-5-20(6-4-17)29-10-9-26-7-1-2-8-26/h3-6,11-13,22-23,28H,1-2,7-10,14-16H2/t22-,23-/m0/s1. The molecule has 0 unspecified atom stereocenters. The second-order valence-electron chi connectivity index (χ2n) is 8.06. The van der Waals surface area contributed by atoms with Crippen molar-refractivity contribution in [1.82, 2.24) is 9.80 Å². The van der Waals surface area contributed by atoms with Gasteiger partial charge in [0, 0.05) is 44.4 Å². The van der Waals surface area contributed by atoms with Crippen molar-refractivity contribution in [3.63, 3.8) is 0 Å². The van der Waals surface area contributed by atoms with Crippen LogP contribution in [0, 0.1) is 11.6 Å². The number of aliphatic hydroxyl groups is 1. The number of hydrogen-bond acceptors (Lipinski definition) is 5. The third kappa shape index (κ3) is 5.68. The maximum atomic E-state index is 13.3. The number of benzene rings is 2. The highest BCUT2D eigenvalue weighted by Gasteiger charge is 2.33. The van der Waals surface area contributed by atoms with Gasteiger partial charge in [-0.25, -0.2) is 8.78 Å². The molecule has 0 radical (unpaired) electrons. The molecule has 0 saturated carbocycles. The van der Waals surface area contributed by atoms with E-state index in [4.69, 9.17) is 9.47 Å². The Labute approximate surface area is 175 Å². The lowest BCUT2D eigenvalue weighted by Gasteiger charge is -2.18. The molecule has 2 fully saturated rings. The molecule has 30 heavy (non-hydrogen) atoms. The molecule has 4 rings (SSSR count). The van der Waals surface area contributed by atoms with Crippen LogP contribution < -0.4 is 9.47 Å². The molecule has 2 aromatic carbocycles. The van der Waals surface area contributed by atoms with Gasteiger partial charge in [-0.15, -0.1) is 0 Å². The first-order valence-corrected chi connectivity index (χ1v) is 10.5. The van der Waals surface area contributed by atoms with E-state index in [1.165, 1.54) is 25.9 Å². The molecule has 162 valence electrons. The first-order chi connectivity index (χ1) is 14.5. The molecule has 0 spiro atoms. The summed E-state index contributed by atoms with van der Waals surface area (Å²) < 4.78 is 38.2. The zero-order chi connectivity index (χ0) is 20.9. The number of rotatable bonds is 8. The Morgan fingerprint density at radius 3 is 2.30 bits per heavy atom. The quantitative estimate of drug-likeness (QED) is 0.714. The fourth-order valence-electron chi connectivity index (χ4n) is 4.10. The van der Waals surface area contributed by atoms with Gasteiger partial charge in [-0.3, -0.25) is 9.80 Å². The Bertz CT molecular complexity index is 807. The Hall–Kier alpha value is -2.22. The van der Waals surface area contributed by atoms with Crippen molar-refractivity contribution in [3.05, 3.63) is 59.7 Å². The SMILES string of the molecule is O[C@H]1CN(Cc2ccc(OCCN3CCCC3)cc2)C[C@@H]1Oc1cc(F)cc(F)c1. The first kappa shape index (κ1) is 21.0. The fraction of sp³-hybridized carbons (Fsp3) is 0.478. The zero-order valence-corrected chi connectivity index (χ0v) is 17.0. The van der Waals surface area contributed by atoms with Crippen molar-refractivity contribution >= 4 is 0 Å². The van der Waals surface area contributed by atoms with Gasteiger partial charge in [-0.2, -0.15) is 0 Å². The molecule has 0 bridgehead atoms. The number of likely N-dealkylation sites (tertiary alicyclic amines) is 2. The molecule has 1 N–H and O–H groups in total. The van der Waals surface area contributed by atoms with Crippen molar-refractivity contribution in [2.75, 3.05) is 39.3 Å². The van der Waals surface area contributed by atoms with Crippen molar-refractivity contribution in [2.45, 2.75) is 31.6 Å². The van der Waals surface area contributed by atoms with Crippen LogP contribution >= 0.6 is 0 Å². The van der Waals surface area contributed by atoms with E-state index in [9.17, 15) is 13.9 Å². The molecule has 0 amide bonds. The maximum Gasteiger partial charge on any atom is 0.138 e. The Morgan fingerprint density at radius 2 is 1.60 bits per heavy atom. The van der Waals surface area contributed by atoms with Crippen molar-refractivity contribution < 1.29 is 23.4 Å². The summed E-state index contributed by atoms with van der Waals surface area (Å²) in [7, 11) is 0. The highest BCUT2D eigenvalue weighted by atomic mass is 19.1. The summed E-state index contributed by atoms with van der Waals surface area (Å²) in [6.07, 6.45) is 1.32. The van der Waals surface area contributed by atoms with Crippen molar-refractivity contribution in [1.29, 1.82) is 0 Å². The minimum atomic E-state index is -0.718. The summed E-state index contributed by atoms with van der Waals surface area (Å²) in [5.74, 6) is -0.447. The predicted molar refractivity (Wildman–Crippen MR) is 110 cm³/mol. The van der Waals surface area contributed by atoms with E-state index in [0.717, 1.165) is 36.1 Å². The molecule has 2 aliphatic heterocycles. The predicted octanol–water partition coefficient (Wildman–Crippen LogP) is 3.06. The first-order valence-electron chi connectivity index (χ1n) is 10.5. The summed E-state index contributed by atoms with van der Waals surface area (Å²) in [4.78, 5) is 4.48. The summed E-state index contributed by atoms with van der Waals surface area (Å²) in [6, 6.07) is 11.0. The normalized spacial score (nSPS) is 22.5. The molecule has 2 heterocycles. The Morgan fingerprint density at radius 1 is 0.900 bits per heavy atom. The summed E-state index contributed by atoms with van der Waals surface area (Å²) in [5, 5.41) is 10.3. The molecule has 7 heteroatoms. The molecular formula is C23H28F2N2O3. The summed E-state index contributed by atoms with van der Waals surface area (Å²) >= 11 is 0. The Balaban J connectivity index is 1.25. The highest BCUT2D eigenvalue weighted by Crippen LogP contribution is 2.23. The number of β-amino-alcohol motifs (C(OH)–C–C–N with tert-alkyl or cyclic N) is 1. The monoisotopic (exact) mass is 418 g/mol. The van der Waals surface area contributed by atoms with Gasteiger partial charge in [0.25, 0.3) is 0 Å². The van der Waals surface area contributed by atoms with E-state index in [2.05, 4.69) is 9.80 Å². The maximum absolute atomic E-state index is 13.3. The van der Waals surface area contributed by atoms with Crippen LogP contribution in [0.15, 0.2) is 42.5 Å². The van der Waals surface area contributed by atoms with Crippen molar-refractivity contribution in [3.8, 4) is 11.5 Å². The van der Waals surface area contributed by atoms with Gasteiger partial charge in [-0.05, 0) is 43.6 Å². The number of hydrogen-bond donors (Lipinski definition) is 1. The zero-order valence-electron chi connectivity index (χ0n) is 17.0. The van der Waals surface area contributed by atoms with E-state index in [1.54, 1.807) is 0 Å². The van der Waals surface area contributed by atoms with E-state index in [0.29, 0.717) is 26.2 Å². The number of aliphatic hydroxyl groups excluding tert-OH is 1. The third-order valence-electron chi connectivity index (χ3n) is 5.64. The lowest BCUT2D eigenvalue weighted by molar-refractivity contribution is 0.0732. The van der Waals surface area contributed by atoms with E-state index >= 15 is 0 Å². The van der Waals surface area contributed by atoms with Crippen LogP contribution in [-0.4, -0.2) is 66.4 Å². The largest absolute Gasteiger partial charge is 0.492 e. The average molecular weight is 418 g/mol. The summed E-state index contributed by atoms with van der Waals surface area (Å²) in [5.41, 5.74) is 1.10. The van der Waals surface area contributed by atoms with E-state index < -0.39 is 23.8 Å². The fourth-order valence-corrected chi connectivity index (χ4v) is 4.10. The van der Waals surface area contributed by atoms with E-state index in [1.807, 2.05) is 24.3 Å². The van der Waals surface area contributed by atoms with Crippen molar-refractivity contribution in [2.24, 2.45) is 0 Å². The van der Waals surface area contributed by atoms with Gasteiger partial charge in [-0.1, -0.05) is 12.1 Å². The minimum absolute atomic E-state index is 0.0915. The number of ether oxygens (including phenoxy) is 2. The molecule has 2 saturated heterocycles. The van der Waals surface area contributed by atoms with Gasteiger partial charge in [0.2, 0.25) is 0 Å². The van der Waals surface area contributed by atoms with Crippen LogP contribution in [0.5, 0.6) is 11.5 Å². The van der Waals surface area contributed by atoms with Crippen LogP contribution in [0.3, 0.4) is 0 Å². The Kier molecular flexibility index (Phi) is 6.82. The molecule has 2 aliphatic rings. The smallest absolute Gasteiger partial charge is 0.138 e. The van der Waals surface area contributed by atoms with Crippen LogP contribution in [-0.2, 0) is 6.54 Å².